The molecule has 3 aliphatic heterocycles. The molecular formula is C40H40Cl2F3N5O2. The summed E-state index contributed by atoms with van der Waals surface area (Å²) >= 11 is 13.1. The number of nitrogens with one attached hydrogen (secondary N) is 1. The van der Waals surface area contributed by atoms with Crippen LogP contribution < -0.4 is 5.32 Å². The normalized spacial score (nSPS) is 27.2. The van der Waals surface area contributed by atoms with Crippen molar-refractivity contribution < 1.29 is 22.7 Å². The summed E-state index contributed by atoms with van der Waals surface area (Å²) in [4.78, 5) is 20.8. The molecule has 12 heteroatoms. The van der Waals surface area contributed by atoms with Crippen molar-refractivity contribution >= 4 is 50.9 Å². The Balaban J connectivity index is 1.21. The van der Waals surface area contributed by atoms with Crippen LogP contribution >= 0.6 is 23.2 Å². The van der Waals surface area contributed by atoms with Gasteiger partial charge in [-0.15, -0.1) is 0 Å². The van der Waals surface area contributed by atoms with Crippen molar-refractivity contribution in [2.45, 2.75) is 95.4 Å². The van der Waals surface area contributed by atoms with Crippen LogP contribution in [0.2, 0.25) is 10.0 Å². The van der Waals surface area contributed by atoms with E-state index >= 15 is 4.39 Å². The minimum Gasteiger partial charge on any atom is -0.376 e. The first-order valence-electron chi connectivity index (χ1n) is 18.4. The van der Waals surface area contributed by atoms with E-state index in [9.17, 15) is 18.8 Å². The number of nitriles is 1. The van der Waals surface area contributed by atoms with Crippen molar-refractivity contribution in [2.24, 2.45) is 17.3 Å². The Morgan fingerprint density at radius 2 is 1.96 bits per heavy atom. The fraction of sp³-hybridized carbons (Fsp3) is 0.525. The lowest BCUT2D eigenvalue weighted by atomic mass is 9.68. The molecule has 2 bridgehead atoms. The molecule has 2 aromatic heterocycles. The minimum atomic E-state index is -2.65. The third-order valence-electron chi connectivity index (χ3n) is 12.3. The number of rotatable bonds is 9. The van der Waals surface area contributed by atoms with Crippen molar-refractivity contribution in [2.75, 3.05) is 19.7 Å². The van der Waals surface area contributed by atoms with Crippen LogP contribution in [0.4, 0.5) is 13.2 Å². The lowest BCUT2D eigenvalue weighted by Gasteiger charge is -2.44. The van der Waals surface area contributed by atoms with Crippen molar-refractivity contribution in [1.82, 2.24) is 19.8 Å². The molecule has 2 aromatic carbocycles. The second-order valence-corrected chi connectivity index (χ2v) is 17.0. The maximum atomic E-state index is 17.2. The summed E-state index contributed by atoms with van der Waals surface area (Å²) in [6.07, 6.45) is 3.10. The molecule has 1 amide bonds. The van der Waals surface area contributed by atoms with Crippen LogP contribution in [0, 0.1) is 41.3 Å². The number of fused-ring (bicyclic) bond motifs is 4. The van der Waals surface area contributed by atoms with E-state index in [0.717, 1.165) is 42.4 Å². The summed E-state index contributed by atoms with van der Waals surface area (Å²) in [6, 6.07) is 11.5. The molecule has 0 spiro atoms. The molecule has 5 heterocycles. The van der Waals surface area contributed by atoms with Crippen LogP contribution in [-0.4, -0.2) is 58.1 Å². The molecule has 4 aromatic rings. The first-order chi connectivity index (χ1) is 24.9. The van der Waals surface area contributed by atoms with Crippen LogP contribution in [0.5, 0.6) is 0 Å². The highest BCUT2D eigenvalue weighted by Crippen LogP contribution is 2.54. The van der Waals surface area contributed by atoms with Gasteiger partial charge in [0.15, 0.2) is 5.82 Å². The average Bonchev–Trinajstić information content (AvgIpc) is 3.39. The van der Waals surface area contributed by atoms with Gasteiger partial charge in [0.25, 0.3) is 0 Å². The molecule has 3 saturated heterocycles. The molecule has 3 saturated carbocycles. The van der Waals surface area contributed by atoms with E-state index in [-0.39, 0.29) is 72.5 Å². The molecule has 52 heavy (non-hydrogen) atoms. The van der Waals surface area contributed by atoms with Crippen molar-refractivity contribution in [3.63, 3.8) is 0 Å². The number of carbonyl (C=O) groups excluding carboxylic acids is 1. The number of carbonyl (C=O) groups is 1. The number of ether oxygens (including phenoxy) is 1. The highest BCUT2D eigenvalue weighted by molar-refractivity contribution is 6.43. The largest absolute Gasteiger partial charge is 0.376 e. The van der Waals surface area contributed by atoms with E-state index in [1.54, 1.807) is 18.2 Å². The Labute approximate surface area is 310 Å². The van der Waals surface area contributed by atoms with E-state index in [2.05, 4.69) is 22.0 Å². The Hall–Kier alpha value is -3.36. The number of hydrogen-bond donors (Lipinski definition) is 1. The van der Waals surface area contributed by atoms with Crippen LogP contribution in [0.1, 0.15) is 80.9 Å². The zero-order valence-electron chi connectivity index (χ0n) is 29.1. The van der Waals surface area contributed by atoms with Gasteiger partial charge in [0.2, 0.25) is 11.8 Å². The maximum absolute atomic E-state index is 17.2. The lowest BCUT2D eigenvalue weighted by Crippen LogP contribution is -2.47. The van der Waals surface area contributed by atoms with Gasteiger partial charge in [-0.25, -0.2) is 18.2 Å². The molecule has 3 aliphatic carbocycles. The number of aryl methyl sites for hydroxylation is 2. The number of aromatic nitrogens is 2. The zero-order valence-corrected chi connectivity index (χ0v) is 30.6. The Morgan fingerprint density at radius 3 is 2.63 bits per heavy atom. The summed E-state index contributed by atoms with van der Waals surface area (Å²) in [5.74, 6) is -2.70. The fourth-order valence-corrected chi connectivity index (χ4v) is 10.1. The molecule has 272 valence electrons. The second-order valence-electron chi connectivity index (χ2n) is 16.2. The first-order valence-corrected chi connectivity index (χ1v) is 19.1. The van der Waals surface area contributed by atoms with Gasteiger partial charge in [-0.2, -0.15) is 5.26 Å². The van der Waals surface area contributed by atoms with Gasteiger partial charge < -0.3 is 19.5 Å². The standard InChI is InChI=1S/C40H40Cl2F3N5O2/c1-20-26-14-31(30-13-24(16-49(30)38(51)21-8-9-21)52-19-39(2)17-40(44,45)18-39)50(36-23-12-29(36)47-15-23)37(26)27-11-22(5-4-10-46)32(34(43)35(27)48-20)25-6-3-7-28(41)33(25)42/h3,6-7,11,14,21,23-24,29-30,36,47H,4-5,8-9,12-13,15-19H2,1-2H3/t23-,24+,29-,30-,36+/m1/s1. The Kier molecular flexibility index (Phi) is 8.17. The zero-order chi connectivity index (χ0) is 36.3. The molecule has 10 rings (SSSR count). The number of likely N-dealkylation sites (tertiary alicyclic amines) is 1. The number of alkyl halides is 2. The second kappa shape index (κ2) is 12.3. The fourth-order valence-electron chi connectivity index (χ4n) is 9.72. The van der Waals surface area contributed by atoms with Crippen LogP contribution in [0.25, 0.3) is 32.9 Å². The summed E-state index contributed by atoms with van der Waals surface area (Å²) < 4.78 is 53.6. The minimum absolute atomic E-state index is 0.0128. The highest BCUT2D eigenvalue weighted by Gasteiger charge is 2.55. The van der Waals surface area contributed by atoms with Crippen molar-refractivity contribution in [1.29, 1.82) is 5.26 Å². The Morgan fingerprint density at radius 1 is 1.17 bits per heavy atom. The number of amides is 1. The topological polar surface area (TPSA) is 83.2 Å². The van der Waals surface area contributed by atoms with Crippen LogP contribution in [0.3, 0.4) is 0 Å². The van der Waals surface area contributed by atoms with E-state index in [1.807, 2.05) is 24.8 Å². The summed E-state index contributed by atoms with van der Waals surface area (Å²) in [5.41, 5.74) is 3.52. The van der Waals surface area contributed by atoms with Gasteiger partial charge in [0.1, 0.15) is 5.52 Å². The Bertz CT molecular complexity index is 2170. The predicted molar refractivity (Wildman–Crippen MR) is 194 cm³/mol. The van der Waals surface area contributed by atoms with Gasteiger partial charge in [0, 0.05) is 89.4 Å². The molecule has 7 nitrogen and oxygen atoms in total. The first kappa shape index (κ1) is 34.4. The van der Waals surface area contributed by atoms with Gasteiger partial charge >= 0.3 is 0 Å². The highest BCUT2D eigenvalue weighted by atomic mass is 35.5. The SMILES string of the molecule is Cc1nc2c(F)c(-c3cccc(Cl)c3Cl)c(CCC#N)cc2c2c1cc([C@H]1C[C@H](OCC3(C)CC(F)(F)C3)CN1C(=O)C1CC1)n2[C@H]1[C@H]2CN[C@@H]1C2. The predicted octanol–water partition coefficient (Wildman–Crippen LogP) is 9.10. The van der Waals surface area contributed by atoms with E-state index in [0.29, 0.717) is 58.1 Å². The number of halogens is 5. The third-order valence-corrected chi connectivity index (χ3v) is 13.1. The van der Waals surface area contributed by atoms with Crippen molar-refractivity contribution in [3.8, 4) is 17.2 Å². The summed E-state index contributed by atoms with van der Waals surface area (Å²) in [7, 11) is 0. The third kappa shape index (κ3) is 5.52. The molecule has 6 fully saturated rings. The molecule has 0 unspecified atom stereocenters. The van der Waals surface area contributed by atoms with E-state index in [4.69, 9.17) is 32.9 Å². The van der Waals surface area contributed by atoms with Gasteiger partial charge in [-0.05, 0) is 62.3 Å². The van der Waals surface area contributed by atoms with E-state index in [1.165, 1.54) is 0 Å². The molecule has 1 N–H and O–H groups in total. The number of nitrogens with zero attached hydrogens (tertiary/aromatic N) is 4. The van der Waals surface area contributed by atoms with E-state index < -0.39 is 17.2 Å². The molecule has 5 atom stereocenters. The molecular weight excluding hydrogens is 710 g/mol. The molecule has 6 aliphatic rings. The van der Waals surface area contributed by atoms with Crippen LogP contribution in [0.15, 0.2) is 30.3 Å². The monoisotopic (exact) mass is 749 g/mol. The van der Waals surface area contributed by atoms with Gasteiger partial charge in [-0.1, -0.05) is 42.3 Å². The average molecular weight is 751 g/mol. The quantitative estimate of drug-likeness (QED) is 0.185. The van der Waals surface area contributed by atoms with Gasteiger partial charge in [-0.3, -0.25) is 4.79 Å². The summed E-state index contributed by atoms with van der Waals surface area (Å²) in [5, 5.41) is 15.3. The van der Waals surface area contributed by atoms with Crippen LogP contribution in [-0.2, 0) is 16.0 Å². The lowest BCUT2D eigenvalue weighted by molar-refractivity contribution is -0.180. The number of hydrogen-bond acceptors (Lipinski definition) is 5. The maximum Gasteiger partial charge on any atom is 0.249 e. The summed E-state index contributed by atoms with van der Waals surface area (Å²) in [6.45, 7) is 5.24. The van der Waals surface area contributed by atoms with Gasteiger partial charge in [0.05, 0.1) is 46.4 Å². The molecule has 0 radical (unpaired) electrons. The number of benzene rings is 2. The smallest absolute Gasteiger partial charge is 0.249 e. The van der Waals surface area contributed by atoms with Crippen molar-refractivity contribution in [3.05, 3.63) is 63.1 Å². The number of pyridine rings is 1.